The Morgan fingerprint density at radius 1 is 1.22 bits per heavy atom. The van der Waals surface area contributed by atoms with Gasteiger partial charge in [-0.1, -0.05) is 12.1 Å². The number of fused-ring (bicyclic) bond motifs is 1. The first-order chi connectivity index (χ1) is 17.4. The molecule has 11 nitrogen and oxygen atoms in total. The number of amides is 1. The number of halogens is 1. The van der Waals surface area contributed by atoms with E-state index in [2.05, 4.69) is 25.8 Å². The van der Waals surface area contributed by atoms with Crippen LogP contribution in [-0.4, -0.2) is 63.8 Å². The summed E-state index contributed by atoms with van der Waals surface area (Å²) >= 11 is 0. The van der Waals surface area contributed by atoms with Gasteiger partial charge in [-0.25, -0.2) is 13.9 Å². The van der Waals surface area contributed by atoms with Crippen molar-refractivity contribution in [3.63, 3.8) is 0 Å². The van der Waals surface area contributed by atoms with Gasteiger partial charge in [-0.3, -0.25) is 9.48 Å². The van der Waals surface area contributed by atoms with Crippen LogP contribution < -0.4 is 25.0 Å². The van der Waals surface area contributed by atoms with Crippen LogP contribution in [0, 0.1) is 0 Å². The number of carbonyl (C=O) groups is 1. The van der Waals surface area contributed by atoms with Gasteiger partial charge in [0, 0.05) is 33.1 Å². The number of ether oxygens (including phenoxy) is 2. The lowest BCUT2D eigenvalue weighted by atomic mass is 10.2. The number of nitrogens with one attached hydrogen (secondary N) is 2. The summed E-state index contributed by atoms with van der Waals surface area (Å²) in [6.07, 6.45) is 2.52. The Morgan fingerprint density at radius 3 is 2.64 bits per heavy atom. The van der Waals surface area contributed by atoms with Gasteiger partial charge >= 0.3 is 0 Å². The number of aromatic nitrogens is 5. The molecule has 188 valence electrons. The molecule has 0 bridgehead atoms. The van der Waals surface area contributed by atoms with Crippen LogP contribution in [0.25, 0.3) is 5.65 Å². The van der Waals surface area contributed by atoms with Crippen LogP contribution >= 0.6 is 0 Å². The van der Waals surface area contributed by atoms with Gasteiger partial charge in [0.1, 0.15) is 17.6 Å². The summed E-state index contributed by atoms with van der Waals surface area (Å²) in [4.78, 5) is 19.4. The van der Waals surface area contributed by atoms with Crippen molar-refractivity contribution >= 4 is 28.7 Å². The number of alkyl halides is 1. The second kappa shape index (κ2) is 9.36. The fourth-order valence-corrected chi connectivity index (χ4v) is 3.94. The molecule has 3 aromatic heterocycles. The highest BCUT2D eigenvalue weighted by molar-refractivity contribution is 5.94. The Kier molecular flexibility index (Phi) is 6.08. The number of anilines is 3. The third-order valence-electron chi connectivity index (χ3n) is 5.95. The number of aryl methyl sites for hydroxylation is 1. The molecule has 0 aliphatic heterocycles. The zero-order valence-electron chi connectivity index (χ0n) is 20.4. The largest absolute Gasteiger partial charge is 0.497 e. The number of hydrogen-bond acceptors (Lipinski definition) is 8. The molecule has 12 heteroatoms. The van der Waals surface area contributed by atoms with Crippen molar-refractivity contribution in [2.75, 3.05) is 31.5 Å². The fraction of sp³-hybridized carbons (Fsp3) is 0.333. The molecule has 1 aromatic carbocycles. The first-order valence-electron chi connectivity index (χ1n) is 11.4. The first-order valence-corrected chi connectivity index (χ1v) is 11.4. The maximum atomic E-state index is 13.4. The molecule has 0 unspecified atom stereocenters. The predicted molar refractivity (Wildman–Crippen MR) is 132 cm³/mol. The molecule has 1 aliphatic rings. The molecule has 0 radical (unpaired) electrons. The van der Waals surface area contributed by atoms with Gasteiger partial charge in [-0.15, -0.1) is 10.2 Å². The van der Waals surface area contributed by atoms with Crippen LogP contribution in [0.3, 0.4) is 0 Å². The number of hydrogen-bond donors (Lipinski definition) is 2. The molecular weight excluding hydrogens is 467 g/mol. The molecule has 1 aliphatic carbocycles. The van der Waals surface area contributed by atoms with Crippen LogP contribution in [0.5, 0.6) is 11.6 Å². The summed E-state index contributed by atoms with van der Waals surface area (Å²) in [6, 6.07) is 9.16. The molecule has 4 aromatic rings. The molecule has 0 saturated heterocycles. The quantitative estimate of drug-likeness (QED) is 0.366. The summed E-state index contributed by atoms with van der Waals surface area (Å²) in [5.41, 5.74) is 3.11. The minimum atomic E-state index is -1.01. The molecule has 3 heterocycles. The van der Waals surface area contributed by atoms with Gasteiger partial charge in [-0.2, -0.15) is 0 Å². The average Bonchev–Trinajstić information content (AvgIpc) is 3.23. The molecule has 36 heavy (non-hydrogen) atoms. The Bertz CT molecular complexity index is 1400. The van der Waals surface area contributed by atoms with Crippen molar-refractivity contribution in [3.8, 4) is 11.6 Å². The van der Waals surface area contributed by atoms with Crippen molar-refractivity contribution in [3.05, 3.63) is 54.0 Å². The molecular formula is C24H27FN8O3. The number of methoxy groups -OCH3 is 2. The molecule has 5 rings (SSSR count). The van der Waals surface area contributed by atoms with E-state index in [1.165, 1.54) is 17.8 Å². The van der Waals surface area contributed by atoms with Gasteiger partial charge in [0.25, 0.3) is 11.8 Å². The number of rotatable bonds is 9. The highest BCUT2D eigenvalue weighted by Gasteiger charge is 2.39. The van der Waals surface area contributed by atoms with E-state index in [0.29, 0.717) is 36.0 Å². The number of nitrogens with zero attached hydrogens (tertiary/aromatic N) is 6. The third kappa shape index (κ3) is 4.61. The van der Waals surface area contributed by atoms with Gasteiger partial charge in [0.05, 0.1) is 38.3 Å². The number of imidazole rings is 1. The lowest BCUT2D eigenvalue weighted by Crippen LogP contribution is -2.28. The maximum Gasteiger partial charge on any atom is 0.271 e. The van der Waals surface area contributed by atoms with Crippen LogP contribution in [-0.2, 0) is 13.6 Å². The lowest BCUT2D eigenvalue weighted by molar-refractivity contribution is 0.0940. The molecule has 1 saturated carbocycles. The van der Waals surface area contributed by atoms with Crippen molar-refractivity contribution in [2.45, 2.75) is 25.2 Å². The van der Waals surface area contributed by atoms with Crippen LogP contribution in [0.15, 0.2) is 42.7 Å². The Labute approximate surface area is 206 Å². The van der Waals surface area contributed by atoms with E-state index in [1.807, 2.05) is 42.3 Å². The SMILES string of the molecule is COc1ccc(CN(C)c2cc(Nc3cn(C)nc3OC)nn3c(C(=O)N[C@@H]4C[C@@H]4F)cnc23)cc1. The van der Waals surface area contributed by atoms with Crippen molar-refractivity contribution in [1.82, 2.24) is 29.7 Å². The van der Waals surface area contributed by atoms with E-state index in [4.69, 9.17) is 9.47 Å². The number of carbonyl (C=O) groups excluding carboxylic acids is 1. The van der Waals surface area contributed by atoms with Crippen LogP contribution in [0.2, 0.25) is 0 Å². The molecule has 1 fully saturated rings. The van der Waals surface area contributed by atoms with E-state index in [9.17, 15) is 9.18 Å². The Morgan fingerprint density at radius 2 is 1.97 bits per heavy atom. The van der Waals surface area contributed by atoms with Crippen molar-refractivity contribution < 1.29 is 18.7 Å². The second-order valence-electron chi connectivity index (χ2n) is 8.68. The highest BCUT2D eigenvalue weighted by Crippen LogP contribution is 2.30. The summed E-state index contributed by atoms with van der Waals surface area (Å²) in [5.74, 6) is 1.20. The van der Waals surface area contributed by atoms with E-state index in [-0.39, 0.29) is 5.69 Å². The van der Waals surface area contributed by atoms with Gasteiger partial charge in [0.2, 0.25) is 0 Å². The molecule has 0 spiro atoms. The summed E-state index contributed by atoms with van der Waals surface area (Å²) in [5, 5.41) is 14.8. The van der Waals surface area contributed by atoms with Crippen molar-refractivity contribution in [2.24, 2.45) is 7.05 Å². The number of benzene rings is 1. The third-order valence-corrected chi connectivity index (χ3v) is 5.95. The van der Waals surface area contributed by atoms with E-state index < -0.39 is 18.1 Å². The first kappa shape index (κ1) is 23.4. The monoisotopic (exact) mass is 494 g/mol. The highest BCUT2D eigenvalue weighted by atomic mass is 19.1. The summed E-state index contributed by atoms with van der Waals surface area (Å²) in [7, 11) is 6.88. The van der Waals surface area contributed by atoms with Gasteiger partial charge in [0.15, 0.2) is 17.2 Å². The Balaban J connectivity index is 1.52. The molecule has 1 amide bonds. The zero-order valence-corrected chi connectivity index (χ0v) is 20.4. The lowest BCUT2D eigenvalue weighted by Gasteiger charge is -2.21. The minimum Gasteiger partial charge on any atom is -0.497 e. The average molecular weight is 495 g/mol. The molecule has 2 N–H and O–H groups in total. The van der Waals surface area contributed by atoms with Gasteiger partial charge in [-0.05, 0) is 17.7 Å². The van der Waals surface area contributed by atoms with E-state index in [0.717, 1.165) is 17.0 Å². The van der Waals surface area contributed by atoms with Crippen LogP contribution in [0.4, 0.5) is 21.6 Å². The zero-order chi connectivity index (χ0) is 25.4. The van der Waals surface area contributed by atoms with E-state index >= 15 is 0 Å². The topological polar surface area (TPSA) is 111 Å². The normalized spacial score (nSPS) is 16.6. The predicted octanol–water partition coefficient (Wildman–Crippen LogP) is 2.70. The molecule has 2 atom stereocenters. The second-order valence-corrected chi connectivity index (χ2v) is 8.68. The standard InChI is InChI=1S/C24H27FN8O3/c1-31(12-14-5-7-15(35-3)8-6-14)19-10-21(27-18-13-32(2)30-24(18)36-4)29-33-20(11-26-22(19)33)23(34)28-17-9-16(17)25/h5-8,10-11,13,16-17H,9,12H2,1-4H3,(H,27,29)(H,28,34)/t16-,17+/m0/s1. The van der Waals surface area contributed by atoms with Gasteiger partial charge < -0.3 is 25.0 Å². The smallest absolute Gasteiger partial charge is 0.271 e. The maximum absolute atomic E-state index is 13.4. The Hall–Kier alpha value is -4.35. The summed E-state index contributed by atoms with van der Waals surface area (Å²) in [6.45, 7) is 0.569. The minimum absolute atomic E-state index is 0.213. The summed E-state index contributed by atoms with van der Waals surface area (Å²) < 4.78 is 27.1. The fourth-order valence-electron chi connectivity index (χ4n) is 3.94. The van der Waals surface area contributed by atoms with Crippen molar-refractivity contribution in [1.29, 1.82) is 0 Å². The van der Waals surface area contributed by atoms with Crippen LogP contribution in [0.1, 0.15) is 22.5 Å². The van der Waals surface area contributed by atoms with E-state index in [1.54, 1.807) is 25.0 Å².